The van der Waals surface area contributed by atoms with E-state index in [0.29, 0.717) is 22.7 Å². The highest BCUT2D eigenvalue weighted by Gasteiger charge is 2.11. The zero-order valence-corrected chi connectivity index (χ0v) is 13.5. The van der Waals surface area contributed by atoms with Gasteiger partial charge >= 0.3 is 0 Å². The van der Waals surface area contributed by atoms with Crippen molar-refractivity contribution < 1.29 is 14.2 Å². The van der Waals surface area contributed by atoms with Gasteiger partial charge in [0.15, 0.2) is 11.5 Å². The summed E-state index contributed by atoms with van der Waals surface area (Å²) in [5, 5.41) is 9.72. The summed E-state index contributed by atoms with van der Waals surface area (Å²) in [5.41, 5.74) is 8.83. The summed E-state index contributed by atoms with van der Waals surface area (Å²) >= 11 is 5.85. The van der Waals surface area contributed by atoms with E-state index in [4.69, 9.17) is 22.1 Å². The molecule has 0 aliphatic heterocycles. The SMILES string of the molecule is COc1cc(-c2cnc(N)c(-c3ccc(F)c(Cl)c3)c2)ccc1O. The third-order valence-electron chi connectivity index (χ3n) is 3.66. The number of nitrogen functional groups attached to an aromatic ring is 1. The molecule has 3 N–H and O–H groups in total. The number of benzene rings is 2. The number of phenolic OH excluding ortho intramolecular Hbond substituents is 1. The summed E-state index contributed by atoms with van der Waals surface area (Å²) in [4.78, 5) is 4.20. The van der Waals surface area contributed by atoms with Gasteiger partial charge in [0.1, 0.15) is 11.6 Å². The zero-order valence-electron chi connectivity index (χ0n) is 12.8. The van der Waals surface area contributed by atoms with Crippen LogP contribution in [-0.4, -0.2) is 17.2 Å². The van der Waals surface area contributed by atoms with E-state index in [9.17, 15) is 9.50 Å². The van der Waals surface area contributed by atoms with E-state index in [1.165, 1.54) is 19.2 Å². The van der Waals surface area contributed by atoms with Gasteiger partial charge in [-0.1, -0.05) is 23.7 Å². The molecule has 4 nitrogen and oxygen atoms in total. The Morgan fingerprint density at radius 2 is 1.83 bits per heavy atom. The summed E-state index contributed by atoms with van der Waals surface area (Å²) in [5.74, 6) is 0.226. The van der Waals surface area contributed by atoms with Crippen LogP contribution in [-0.2, 0) is 0 Å². The fourth-order valence-corrected chi connectivity index (χ4v) is 2.57. The Kier molecular flexibility index (Phi) is 4.27. The maximum Gasteiger partial charge on any atom is 0.161 e. The Morgan fingerprint density at radius 3 is 2.54 bits per heavy atom. The largest absolute Gasteiger partial charge is 0.504 e. The van der Waals surface area contributed by atoms with E-state index in [1.807, 2.05) is 6.07 Å². The summed E-state index contributed by atoms with van der Waals surface area (Å²) < 4.78 is 18.5. The fourth-order valence-electron chi connectivity index (χ4n) is 2.39. The smallest absolute Gasteiger partial charge is 0.161 e. The number of halogens is 2. The predicted molar refractivity (Wildman–Crippen MR) is 92.7 cm³/mol. The molecule has 1 aromatic heterocycles. The molecular weight excluding hydrogens is 331 g/mol. The van der Waals surface area contributed by atoms with Crippen LogP contribution in [0.15, 0.2) is 48.7 Å². The molecule has 0 saturated carbocycles. The van der Waals surface area contributed by atoms with Crippen molar-refractivity contribution in [1.82, 2.24) is 4.98 Å². The molecule has 122 valence electrons. The van der Waals surface area contributed by atoms with Crippen LogP contribution in [0.3, 0.4) is 0 Å². The number of rotatable bonds is 3. The lowest BCUT2D eigenvalue weighted by Crippen LogP contribution is -1.95. The summed E-state index contributed by atoms with van der Waals surface area (Å²) in [7, 11) is 1.48. The van der Waals surface area contributed by atoms with Gasteiger partial charge in [0.05, 0.1) is 12.1 Å². The lowest BCUT2D eigenvalue weighted by atomic mass is 10.0. The molecule has 0 aliphatic rings. The molecule has 0 radical (unpaired) electrons. The Morgan fingerprint density at radius 1 is 1.08 bits per heavy atom. The van der Waals surface area contributed by atoms with Crippen molar-refractivity contribution in [3.8, 4) is 33.8 Å². The number of anilines is 1. The van der Waals surface area contributed by atoms with Gasteiger partial charge in [-0.2, -0.15) is 0 Å². The van der Waals surface area contributed by atoms with Gasteiger partial charge in [0.2, 0.25) is 0 Å². The number of hydrogen-bond donors (Lipinski definition) is 2. The molecule has 0 atom stereocenters. The van der Waals surface area contributed by atoms with Crippen molar-refractivity contribution in [1.29, 1.82) is 0 Å². The average molecular weight is 345 g/mol. The number of nitrogens with zero attached hydrogens (tertiary/aromatic N) is 1. The van der Waals surface area contributed by atoms with Gasteiger partial charge in [-0.05, 0) is 41.5 Å². The molecule has 3 aromatic rings. The summed E-state index contributed by atoms with van der Waals surface area (Å²) in [6, 6.07) is 11.2. The normalized spacial score (nSPS) is 10.6. The summed E-state index contributed by atoms with van der Waals surface area (Å²) in [6.07, 6.45) is 1.62. The van der Waals surface area contributed by atoms with Gasteiger partial charge in [-0.3, -0.25) is 0 Å². The first-order chi connectivity index (χ1) is 11.5. The second-order valence-electron chi connectivity index (χ2n) is 5.17. The van der Waals surface area contributed by atoms with E-state index in [1.54, 1.807) is 30.5 Å². The molecule has 24 heavy (non-hydrogen) atoms. The number of phenols is 1. The maximum absolute atomic E-state index is 13.4. The first kappa shape index (κ1) is 16.1. The van der Waals surface area contributed by atoms with Crippen molar-refractivity contribution in [2.45, 2.75) is 0 Å². The van der Waals surface area contributed by atoms with E-state index >= 15 is 0 Å². The van der Waals surface area contributed by atoms with E-state index in [-0.39, 0.29) is 10.8 Å². The molecule has 2 aromatic carbocycles. The number of hydrogen-bond acceptors (Lipinski definition) is 4. The number of aromatic hydroxyl groups is 1. The van der Waals surface area contributed by atoms with Crippen LogP contribution < -0.4 is 10.5 Å². The monoisotopic (exact) mass is 344 g/mol. The molecule has 0 fully saturated rings. The predicted octanol–water partition coefficient (Wildman–Crippen LogP) is 4.50. The minimum absolute atomic E-state index is 0.0172. The van der Waals surface area contributed by atoms with Crippen LogP contribution in [0.1, 0.15) is 0 Å². The molecule has 0 unspecified atom stereocenters. The van der Waals surface area contributed by atoms with Crippen LogP contribution in [0.4, 0.5) is 10.2 Å². The first-order valence-corrected chi connectivity index (χ1v) is 7.45. The van der Waals surface area contributed by atoms with E-state index in [0.717, 1.165) is 11.1 Å². The highest BCUT2D eigenvalue weighted by Crippen LogP contribution is 2.35. The number of methoxy groups -OCH3 is 1. The lowest BCUT2D eigenvalue weighted by molar-refractivity contribution is 0.373. The highest BCUT2D eigenvalue weighted by atomic mass is 35.5. The number of aromatic nitrogens is 1. The van der Waals surface area contributed by atoms with Gasteiger partial charge < -0.3 is 15.6 Å². The Labute approximate surface area is 143 Å². The lowest BCUT2D eigenvalue weighted by Gasteiger charge is -2.10. The second kappa shape index (κ2) is 6.37. The van der Waals surface area contributed by atoms with Gasteiger partial charge in [0, 0.05) is 17.3 Å². The van der Waals surface area contributed by atoms with Crippen LogP contribution in [0, 0.1) is 5.82 Å². The third-order valence-corrected chi connectivity index (χ3v) is 3.95. The molecule has 6 heteroatoms. The van der Waals surface area contributed by atoms with Crippen LogP contribution in [0.5, 0.6) is 11.5 Å². The van der Waals surface area contributed by atoms with E-state index < -0.39 is 5.82 Å². The zero-order chi connectivity index (χ0) is 17.3. The van der Waals surface area contributed by atoms with E-state index in [2.05, 4.69) is 4.98 Å². The first-order valence-electron chi connectivity index (χ1n) is 7.08. The average Bonchev–Trinajstić information content (AvgIpc) is 2.58. The number of pyridine rings is 1. The standard InChI is InChI=1S/C18H14ClFN2O2/c1-24-17-8-10(3-5-16(17)23)12-6-13(18(21)22-9-12)11-2-4-15(20)14(19)7-11/h2-9,23H,1H3,(H2,21,22). The van der Waals surface area contributed by atoms with Gasteiger partial charge in [0.25, 0.3) is 0 Å². The molecule has 0 spiro atoms. The molecule has 0 saturated heterocycles. The molecule has 1 heterocycles. The highest BCUT2D eigenvalue weighted by molar-refractivity contribution is 6.31. The Bertz CT molecular complexity index is 916. The maximum atomic E-state index is 13.4. The van der Waals surface area contributed by atoms with Crippen molar-refractivity contribution >= 4 is 17.4 Å². The molecule has 3 rings (SSSR count). The minimum atomic E-state index is -0.494. The van der Waals surface area contributed by atoms with Crippen molar-refractivity contribution in [2.75, 3.05) is 12.8 Å². The third kappa shape index (κ3) is 2.98. The minimum Gasteiger partial charge on any atom is -0.504 e. The molecular formula is C18H14ClFN2O2. The Balaban J connectivity index is 2.10. The molecule has 0 amide bonds. The topological polar surface area (TPSA) is 68.4 Å². The van der Waals surface area contributed by atoms with Crippen LogP contribution in [0.2, 0.25) is 5.02 Å². The van der Waals surface area contributed by atoms with Crippen molar-refractivity contribution in [3.63, 3.8) is 0 Å². The number of ether oxygens (including phenoxy) is 1. The van der Waals surface area contributed by atoms with Gasteiger partial charge in [-0.15, -0.1) is 0 Å². The molecule has 0 aliphatic carbocycles. The van der Waals surface area contributed by atoms with Crippen molar-refractivity contribution in [2.24, 2.45) is 0 Å². The second-order valence-corrected chi connectivity index (χ2v) is 5.58. The van der Waals surface area contributed by atoms with Crippen molar-refractivity contribution in [3.05, 3.63) is 59.5 Å². The molecule has 0 bridgehead atoms. The fraction of sp³-hybridized carbons (Fsp3) is 0.0556. The number of nitrogens with two attached hydrogens (primary N) is 1. The Hall–Kier alpha value is -2.79. The van der Waals surface area contributed by atoms with Gasteiger partial charge in [-0.25, -0.2) is 9.37 Å². The van der Waals surface area contributed by atoms with Crippen LogP contribution in [0.25, 0.3) is 22.3 Å². The van der Waals surface area contributed by atoms with Crippen LogP contribution >= 0.6 is 11.6 Å². The quantitative estimate of drug-likeness (QED) is 0.733. The summed E-state index contributed by atoms with van der Waals surface area (Å²) in [6.45, 7) is 0.